The van der Waals surface area contributed by atoms with Crippen molar-refractivity contribution in [3.63, 3.8) is 0 Å². The van der Waals surface area contributed by atoms with E-state index in [0.29, 0.717) is 19.3 Å². The van der Waals surface area contributed by atoms with Crippen molar-refractivity contribution in [2.75, 3.05) is 13.2 Å². The third-order valence-electron chi connectivity index (χ3n) is 14.3. The molecule has 0 radical (unpaired) electrons. The van der Waals surface area contributed by atoms with Gasteiger partial charge in [0.15, 0.2) is 6.10 Å². The highest BCUT2D eigenvalue weighted by atomic mass is 16.6. The summed E-state index contributed by atoms with van der Waals surface area (Å²) in [6.45, 7) is 6.52. The van der Waals surface area contributed by atoms with E-state index in [2.05, 4.69) is 118 Å². The van der Waals surface area contributed by atoms with Crippen LogP contribution in [0.1, 0.15) is 323 Å². The van der Waals surface area contributed by atoms with Crippen molar-refractivity contribution in [3.05, 3.63) is 97.2 Å². The fourth-order valence-corrected chi connectivity index (χ4v) is 9.36. The second-order valence-electron chi connectivity index (χ2n) is 22.0. The van der Waals surface area contributed by atoms with Gasteiger partial charge in [0.2, 0.25) is 0 Å². The predicted octanol–water partition coefficient (Wildman–Crippen LogP) is 22.8. The van der Waals surface area contributed by atoms with E-state index in [1.165, 1.54) is 161 Å². The van der Waals surface area contributed by atoms with Crippen LogP contribution in [0, 0.1) is 0 Å². The molecule has 0 aliphatic rings. The molecule has 6 heteroatoms. The summed E-state index contributed by atoms with van der Waals surface area (Å²) in [6, 6.07) is 0. The molecule has 0 heterocycles. The molecule has 6 nitrogen and oxygen atoms in total. The molecule has 0 saturated heterocycles. The van der Waals surface area contributed by atoms with E-state index in [1.807, 2.05) is 0 Å². The maximum Gasteiger partial charge on any atom is 0.306 e. The Labute approximate surface area is 483 Å². The van der Waals surface area contributed by atoms with Crippen LogP contribution in [0.25, 0.3) is 0 Å². The summed E-state index contributed by atoms with van der Waals surface area (Å²) in [5.74, 6) is -0.894. The molecule has 0 bridgehead atoms. The van der Waals surface area contributed by atoms with E-state index < -0.39 is 6.10 Å². The minimum absolute atomic E-state index is 0.0841. The molecule has 0 aliphatic heterocycles. The number of unbranched alkanes of at least 4 members (excludes halogenated alkanes) is 33. The molecular formula is C72H124O6. The Bertz CT molecular complexity index is 1530. The Hall–Kier alpha value is -3.67. The zero-order chi connectivity index (χ0) is 56.4. The normalized spacial score (nSPS) is 12.7. The summed E-state index contributed by atoms with van der Waals surface area (Å²) in [5, 5.41) is 0. The molecule has 1 unspecified atom stereocenters. The number of esters is 3. The van der Waals surface area contributed by atoms with E-state index in [0.717, 1.165) is 122 Å². The summed E-state index contributed by atoms with van der Waals surface area (Å²) < 4.78 is 17.0. The van der Waals surface area contributed by atoms with Gasteiger partial charge in [-0.05, 0) is 103 Å². The average molecular weight is 1090 g/mol. The molecular weight excluding hydrogens is 961 g/mol. The van der Waals surface area contributed by atoms with Crippen LogP contribution in [0.4, 0.5) is 0 Å². The number of rotatable bonds is 60. The molecule has 0 amide bonds. The molecule has 1 atom stereocenters. The zero-order valence-electron chi connectivity index (χ0n) is 51.4. The van der Waals surface area contributed by atoms with Crippen molar-refractivity contribution >= 4 is 17.9 Å². The first-order valence-electron chi connectivity index (χ1n) is 33.2. The topological polar surface area (TPSA) is 78.9 Å². The predicted molar refractivity (Wildman–Crippen MR) is 339 cm³/mol. The molecule has 0 saturated carbocycles. The lowest BCUT2D eigenvalue weighted by molar-refractivity contribution is -0.167. The standard InChI is InChI=1S/C72H124O6/c1-4-7-10-13-16-19-22-25-28-31-34-35-36-37-39-41-44-47-50-53-56-59-62-65-71(74)77-68-69(67-76-70(73)64-61-58-55-52-49-46-43-40-33-30-27-24-21-18-15-12-9-6-3)78-72(75)66-63-60-57-54-51-48-45-42-38-32-29-26-23-20-17-14-11-8-5-2/h7,10,16-17,19-20,25-26,28-29,34-35,37-39,42,69H,4-6,8-9,11-15,18,21-24,27,30-33,36,40-41,43-68H2,1-3H3/b10-7-,19-16-,20-17-,28-25-,29-26-,35-34-,39-37-,42-38-. The van der Waals surface area contributed by atoms with Gasteiger partial charge >= 0.3 is 17.9 Å². The highest BCUT2D eigenvalue weighted by Gasteiger charge is 2.19. The van der Waals surface area contributed by atoms with E-state index in [1.54, 1.807) is 0 Å². The number of ether oxygens (including phenoxy) is 3. The van der Waals surface area contributed by atoms with E-state index in [-0.39, 0.29) is 31.1 Å². The largest absolute Gasteiger partial charge is 0.462 e. The van der Waals surface area contributed by atoms with Crippen molar-refractivity contribution in [2.45, 2.75) is 329 Å². The number of carbonyl (C=O) groups is 3. The van der Waals surface area contributed by atoms with Crippen molar-refractivity contribution in [1.29, 1.82) is 0 Å². The molecule has 0 rings (SSSR count). The van der Waals surface area contributed by atoms with Gasteiger partial charge < -0.3 is 14.2 Å². The monoisotopic (exact) mass is 1080 g/mol. The molecule has 448 valence electrons. The van der Waals surface area contributed by atoms with Gasteiger partial charge in [0.05, 0.1) is 0 Å². The van der Waals surface area contributed by atoms with Crippen molar-refractivity contribution in [3.8, 4) is 0 Å². The highest BCUT2D eigenvalue weighted by molar-refractivity contribution is 5.71. The van der Waals surface area contributed by atoms with Gasteiger partial charge in [-0.2, -0.15) is 0 Å². The van der Waals surface area contributed by atoms with Gasteiger partial charge in [-0.3, -0.25) is 14.4 Å². The minimum Gasteiger partial charge on any atom is -0.462 e. The smallest absolute Gasteiger partial charge is 0.306 e. The van der Waals surface area contributed by atoms with Crippen molar-refractivity contribution in [1.82, 2.24) is 0 Å². The number of hydrogen-bond acceptors (Lipinski definition) is 6. The van der Waals surface area contributed by atoms with Crippen LogP contribution in [0.5, 0.6) is 0 Å². The third-order valence-corrected chi connectivity index (χ3v) is 14.3. The number of allylic oxidation sites excluding steroid dienone is 16. The fourth-order valence-electron chi connectivity index (χ4n) is 9.36. The lowest BCUT2D eigenvalue weighted by atomic mass is 10.0. The summed E-state index contributed by atoms with van der Waals surface area (Å²) in [4.78, 5) is 38.4. The van der Waals surface area contributed by atoms with Gasteiger partial charge in [0, 0.05) is 19.3 Å². The Kier molecular flexibility index (Phi) is 62.7. The Morgan fingerprint density at radius 3 is 0.808 bits per heavy atom. The average Bonchev–Trinajstić information content (AvgIpc) is 3.44. The Morgan fingerprint density at radius 2 is 0.500 bits per heavy atom. The molecule has 0 N–H and O–H groups in total. The van der Waals surface area contributed by atoms with Crippen LogP contribution < -0.4 is 0 Å². The van der Waals surface area contributed by atoms with Gasteiger partial charge in [-0.1, -0.05) is 298 Å². The molecule has 78 heavy (non-hydrogen) atoms. The molecule has 0 fully saturated rings. The van der Waals surface area contributed by atoms with Crippen molar-refractivity contribution in [2.24, 2.45) is 0 Å². The van der Waals surface area contributed by atoms with Crippen LogP contribution in [-0.4, -0.2) is 37.2 Å². The van der Waals surface area contributed by atoms with Crippen LogP contribution in [-0.2, 0) is 28.6 Å². The SMILES string of the molecule is CC/C=C\C/C=C\C/C=C\C/C=C\C/C=C\CCCCCCCCCC(=O)OCC(COC(=O)CCCCCCCCCCCCCCCCCCCC)OC(=O)CCCCCCCC/C=C\C/C=C\C/C=C\CCCCC. The first kappa shape index (κ1) is 74.3. The molecule has 0 aromatic carbocycles. The van der Waals surface area contributed by atoms with E-state index in [9.17, 15) is 14.4 Å². The molecule has 0 aromatic rings. The summed E-state index contributed by atoms with van der Waals surface area (Å²) in [5.41, 5.74) is 0. The van der Waals surface area contributed by atoms with Gasteiger partial charge in [0.1, 0.15) is 13.2 Å². The van der Waals surface area contributed by atoms with Crippen LogP contribution >= 0.6 is 0 Å². The van der Waals surface area contributed by atoms with Gasteiger partial charge in [-0.15, -0.1) is 0 Å². The zero-order valence-corrected chi connectivity index (χ0v) is 51.4. The minimum atomic E-state index is -0.791. The summed E-state index contributed by atoms with van der Waals surface area (Å²) in [7, 11) is 0. The maximum atomic E-state index is 12.9. The van der Waals surface area contributed by atoms with Gasteiger partial charge in [-0.25, -0.2) is 0 Å². The highest BCUT2D eigenvalue weighted by Crippen LogP contribution is 2.17. The Balaban J connectivity index is 4.41. The lowest BCUT2D eigenvalue weighted by Gasteiger charge is -2.18. The fraction of sp³-hybridized carbons (Fsp3) is 0.736. The van der Waals surface area contributed by atoms with Crippen LogP contribution in [0.15, 0.2) is 97.2 Å². The van der Waals surface area contributed by atoms with Crippen molar-refractivity contribution < 1.29 is 28.6 Å². The third kappa shape index (κ3) is 63.2. The first-order valence-corrected chi connectivity index (χ1v) is 33.2. The summed E-state index contributed by atoms with van der Waals surface area (Å²) in [6.07, 6.45) is 88.3. The lowest BCUT2D eigenvalue weighted by Crippen LogP contribution is -2.30. The molecule has 0 aromatic heterocycles. The van der Waals surface area contributed by atoms with Crippen LogP contribution in [0.2, 0.25) is 0 Å². The molecule has 0 spiro atoms. The molecule has 0 aliphatic carbocycles. The number of carbonyl (C=O) groups excluding carboxylic acids is 3. The van der Waals surface area contributed by atoms with Gasteiger partial charge in [0.25, 0.3) is 0 Å². The second-order valence-corrected chi connectivity index (χ2v) is 22.0. The second kappa shape index (κ2) is 65.8. The maximum absolute atomic E-state index is 12.9. The number of hydrogen-bond donors (Lipinski definition) is 0. The summed E-state index contributed by atoms with van der Waals surface area (Å²) >= 11 is 0. The van der Waals surface area contributed by atoms with Crippen LogP contribution in [0.3, 0.4) is 0 Å². The first-order chi connectivity index (χ1) is 38.5. The van der Waals surface area contributed by atoms with E-state index >= 15 is 0 Å². The Morgan fingerprint density at radius 1 is 0.269 bits per heavy atom. The quantitative estimate of drug-likeness (QED) is 0.0261. The van der Waals surface area contributed by atoms with E-state index in [4.69, 9.17) is 14.2 Å².